The predicted octanol–water partition coefficient (Wildman–Crippen LogP) is 3.65. The lowest BCUT2D eigenvalue weighted by Crippen LogP contribution is -2.08. The highest BCUT2D eigenvalue weighted by Crippen LogP contribution is 2.38. The molecule has 0 aliphatic heterocycles. The van der Waals surface area contributed by atoms with E-state index in [-0.39, 0.29) is 5.91 Å². The minimum absolute atomic E-state index is 0.217. The minimum atomic E-state index is -0.217. The van der Waals surface area contributed by atoms with Crippen LogP contribution in [0, 0.1) is 0 Å². The summed E-state index contributed by atoms with van der Waals surface area (Å²) in [6.45, 7) is 6.49. The van der Waals surface area contributed by atoms with Crippen LogP contribution in [0.15, 0.2) is 24.3 Å². The summed E-state index contributed by atoms with van der Waals surface area (Å²) in [4.78, 5) is 11.5. The van der Waals surface area contributed by atoms with Crippen molar-refractivity contribution in [3.8, 4) is 11.5 Å². The second-order valence-electron chi connectivity index (χ2n) is 3.64. The molecule has 0 unspecified atom stereocenters. The number of halogens is 1. The molecule has 0 spiro atoms. The Morgan fingerprint density at radius 3 is 2.58 bits per heavy atom. The maximum Gasteiger partial charge on any atom is 0.248 e. The third-order valence-corrected chi connectivity index (χ3v) is 2.46. The molecule has 104 valence electrons. The summed E-state index contributed by atoms with van der Waals surface area (Å²) in [5, 5.41) is 3.11. The first-order valence-electron chi connectivity index (χ1n) is 6.15. The Morgan fingerprint density at radius 1 is 1.32 bits per heavy atom. The van der Waals surface area contributed by atoms with E-state index < -0.39 is 0 Å². The highest BCUT2D eigenvalue weighted by atomic mass is 35.5. The largest absolute Gasteiger partial charge is 0.490 e. The van der Waals surface area contributed by atoms with E-state index in [2.05, 4.69) is 5.32 Å². The van der Waals surface area contributed by atoms with Crippen LogP contribution in [0.5, 0.6) is 11.5 Å². The molecule has 1 aromatic rings. The molecule has 0 aliphatic carbocycles. The zero-order valence-electron chi connectivity index (χ0n) is 11.3. The van der Waals surface area contributed by atoms with Crippen molar-refractivity contribution in [1.82, 2.24) is 0 Å². The number of hydrogen-bond acceptors (Lipinski definition) is 3. The van der Waals surface area contributed by atoms with E-state index in [9.17, 15) is 4.79 Å². The molecule has 0 atom stereocenters. The summed E-state index contributed by atoms with van der Waals surface area (Å²) in [5.74, 6) is 0.799. The van der Waals surface area contributed by atoms with Crippen LogP contribution < -0.4 is 14.8 Å². The number of amides is 1. The van der Waals surface area contributed by atoms with Gasteiger partial charge in [0.15, 0.2) is 11.5 Å². The van der Waals surface area contributed by atoms with E-state index in [1.54, 1.807) is 25.1 Å². The van der Waals surface area contributed by atoms with Gasteiger partial charge in [0.2, 0.25) is 5.91 Å². The SMILES string of the molecule is CC=CC(=O)Nc1cc(Cl)c(OCC)c(OCC)c1. The number of rotatable bonds is 6. The molecule has 0 saturated carbocycles. The van der Waals surface area contributed by atoms with Gasteiger partial charge in [-0.05, 0) is 32.9 Å². The van der Waals surface area contributed by atoms with Crippen LogP contribution in [0.2, 0.25) is 5.02 Å². The van der Waals surface area contributed by atoms with Crippen LogP contribution >= 0.6 is 11.6 Å². The van der Waals surface area contributed by atoms with Crippen LogP contribution in [0.4, 0.5) is 5.69 Å². The van der Waals surface area contributed by atoms with Gasteiger partial charge in [-0.2, -0.15) is 0 Å². The van der Waals surface area contributed by atoms with Crippen molar-refractivity contribution in [1.29, 1.82) is 0 Å². The van der Waals surface area contributed by atoms with Crippen LogP contribution in [0.1, 0.15) is 20.8 Å². The number of nitrogens with one attached hydrogen (secondary N) is 1. The van der Waals surface area contributed by atoms with Crippen molar-refractivity contribution < 1.29 is 14.3 Å². The maximum absolute atomic E-state index is 11.5. The number of hydrogen-bond donors (Lipinski definition) is 1. The molecule has 1 N–H and O–H groups in total. The highest BCUT2D eigenvalue weighted by molar-refractivity contribution is 6.32. The maximum atomic E-state index is 11.5. The monoisotopic (exact) mass is 283 g/mol. The van der Waals surface area contributed by atoms with Gasteiger partial charge in [0, 0.05) is 11.8 Å². The molecule has 0 aliphatic rings. The van der Waals surface area contributed by atoms with Gasteiger partial charge in [-0.3, -0.25) is 4.79 Å². The molecule has 1 aromatic carbocycles. The number of anilines is 1. The van der Waals surface area contributed by atoms with Gasteiger partial charge in [0.25, 0.3) is 0 Å². The van der Waals surface area contributed by atoms with E-state index in [1.165, 1.54) is 6.08 Å². The normalized spacial score (nSPS) is 10.5. The van der Waals surface area contributed by atoms with E-state index in [4.69, 9.17) is 21.1 Å². The van der Waals surface area contributed by atoms with Gasteiger partial charge in [-0.25, -0.2) is 0 Å². The van der Waals surface area contributed by atoms with Crippen molar-refractivity contribution in [3.63, 3.8) is 0 Å². The molecule has 19 heavy (non-hydrogen) atoms. The fourth-order valence-corrected chi connectivity index (χ4v) is 1.79. The lowest BCUT2D eigenvalue weighted by molar-refractivity contribution is -0.111. The fraction of sp³-hybridized carbons (Fsp3) is 0.357. The lowest BCUT2D eigenvalue weighted by atomic mass is 10.2. The molecule has 0 bridgehead atoms. The Bertz CT molecular complexity index is 472. The van der Waals surface area contributed by atoms with Gasteiger partial charge < -0.3 is 14.8 Å². The lowest BCUT2D eigenvalue weighted by Gasteiger charge is -2.14. The predicted molar refractivity (Wildman–Crippen MR) is 77.2 cm³/mol. The van der Waals surface area contributed by atoms with E-state index >= 15 is 0 Å². The van der Waals surface area contributed by atoms with Crippen LogP contribution in [-0.2, 0) is 4.79 Å². The van der Waals surface area contributed by atoms with Crippen LogP contribution in [0.3, 0.4) is 0 Å². The van der Waals surface area contributed by atoms with E-state index in [1.807, 2.05) is 13.8 Å². The average Bonchev–Trinajstić information content (AvgIpc) is 2.34. The van der Waals surface area contributed by atoms with Crippen molar-refractivity contribution >= 4 is 23.2 Å². The van der Waals surface area contributed by atoms with E-state index in [0.29, 0.717) is 35.4 Å². The summed E-state index contributed by atoms with van der Waals surface area (Å²) < 4.78 is 10.9. The Hall–Kier alpha value is -1.68. The second kappa shape index (κ2) is 7.69. The summed E-state index contributed by atoms with van der Waals surface area (Å²) in [6.07, 6.45) is 3.10. The molecule has 0 fully saturated rings. The Kier molecular flexibility index (Phi) is 6.22. The first-order chi connectivity index (χ1) is 9.12. The third kappa shape index (κ3) is 4.48. The molecule has 0 aromatic heterocycles. The first-order valence-corrected chi connectivity index (χ1v) is 6.52. The zero-order valence-corrected chi connectivity index (χ0v) is 12.1. The first kappa shape index (κ1) is 15.4. The summed E-state index contributed by atoms with van der Waals surface area (Å²) in [7, 11) is 0. The van der Waals surface area contributed by atoms with Crippen molar-refractivity contribution in [3.05, 3.63) is 29.3 Å². The zero-order chi connectivity index (χ0) is 14.3. The molecule has 1 amide bonds. The molecular weight excluding hydrogens is 266 g/mol. The van der Waals surface area contributed by atoms with Gasteiger partial charge >= 0.3 is 0 Å². The Balaban J connectivity index is 3.05. The number of carbonyl (C=O) groups is 1. The summed E-state index contributed by atoms with van der Waals surface area (Å²) >= 11 is 6.14. The van der Waals surface area contributed by atoms with Crippen molar-refractivity contribution in [2.45, 2.75) is 20.8 Å². The van der Waals surface area contributed by atoms with Crippen LogP contribution in [-0.4, -0.2) is 19.1 Å². The molecular formula is C14H18ClNO3. The van der Waals surface area contributed by atoms with E-state index in [0.717, 1.165) is 0 Å². The van der Waals surface area contributed by atoms with Gasteiger partial charge in [0.05, 0.1) is 18.2 Å². The summed E-state index contributed by atoms with van der Waals surface area (Å²) in [6, 6.07) is 3.33. The number of benzene rings is 1. The molecule has 4 nitrogen and oxygen atoms in total. The molecule has 0 saturated heterocycles. The average molecular weight is 284 g/mol. The fourth-order valence-electron chi connectivity index (χ4n) is 1.52. The molecule has 1 rings (SSSR count). The molecule has 0 radical (unpaired) electrons. The highest BCUT2D eigenvalue weighted by Gasteiger charge is 2.12. The smallest absolute Gasteiger partial charge is 0.248 e. The Labute approximate surface area is 118 Å². The minimum Gasteiger partial charge on any atom is -0.490 e. The summed E-state index contributed by atoms with van der Waals surface area (Å²) in [5.41, 5.74) is 0.569. The van der Waals surface area contributed by atoms with Gasteiger partial charge in [-0.15, -0.1) is 0 Å². The van der Waals surface area contributed by atoms with Crippen molar-refractivity contribution in [2.75, 3.05) is 18.5 Å². The quantitative estimate of drug-likeness (QED) is 0.811. The third-order valence-electron chi connectivity index (χ3n) is 2.18. The second-order valence-corrected chi connectivity index (χ2v) is 4.05. The topological polar surface area (TPSA) is 47.6 Å². The number of carbonyl (C=O) groups excluding carboxylic acids is 1. The van der Waals surface area contributed by atoms with Gasteiger partial charge in [-0.1, -0.05) is 17.7 Å². The molecule has 5 heteroatoms. The van der Waals surface area contributed by atoms with Crippen LogP contribution in [0.25, 0.3) is 0 Å². The number of ether oxygens (including phenoxy) is 2. The molecule has 0 heterocycles. The van der Waals surface area contributed by atoms with Gasteiger partial charge in [0.1, 0.15) is 0 Å². The van der Waals surface area contributed by atoms with Crippen molar-refractivity contribution in [2.24, 2.45) is 0 Å². The standard InChI is InChI=1S/C14H18ClNO3/c1-4-7-13(17)16-10-8-11(15)14(19-6-3)12(9-10)18-5-2/h4,7-9H,5-6H2,1-3H3,(H,16,17). The number of allylic oxidation sites excluding steroid dienone is 1. The Morgan fingerprint density at radius 2 is 2.00 bits per heavy atom.